The first-order valence-electron chi connectivity index (χ1n) is 36.0. The summed E-state index contributed by atoms with van der Waals surface area (Å²) in [4.78, 5) is 11.5. The Labute approximate surface area is 593 Å². The molecule has 1 N–H and O–H groups in total. The smallest absolute Gasteiger partial charge is 0.175 e. The van der Waals surface area contributed by atoms with Gasteiger partial charge in [0.25, 0.3) is 0 Å². The number of benzene rings is 5. The highest BCUT2D eigenvalue weighted by atomic mass is 35.5. The van der Waals surface area contributed by atoms with E-state index in [-0.39, 0.29) is 24.8 Å². The Bertz CT molecular complexity index is 3670. The van der Waals surface area contributed by atoms with Crippen LogP contribution in [0.5, 0.6) is 17.2 Å². The van der Waals surface area contributed by atoms with Crippen molar-refractivity contribution in [1.29, 1.82) is 10.5 Å². The Balaban J connectivity index is 0.000000160. The lowest BCUT2D eigenvalue weighted by atomic mass is 9.91. The number of hydrogen-bond acceptors (Lipinski definition) is 17. The molecule has 17 nitrogen and oxygen atoms in total. The van der Waals surface area contributed by atoms with E-state index in [1.54, 1.807) is 0 Å². The van der Waals surface area contributed by atoms with Gasteiger partial charge in [-0.1, -0.05) is 39.7 Å². The van der Waals surface area contributed by atoms with Crippen molar-refractivity contribution in [3.8, 4) is 29.4 Å². The minimum absolute atomic E-state index is 0. The normalized spacial score (nSPS) is 17.3. The molecule has 6 fully saturated rings. The van der Waals surface area contributed by atoms with Crippen molar-refractivity contribution in [3.63, 3.8) is 0 Å². The molecule has 3 saturated carbocycles. The van der Waals surface area contributed by atoms with Crippen molar-refractivity contribution in [2.75, 3.05) is 101 Å². The van der Waals surface area contributed by atoms with Gasteiger partial charge in [0.05, 0.1) is 76.9 Å². The van der Waals surface area contributed by atoms with Gasteiger partial charge in [-0.05, 0) is 304 Å². The van der Waals surface area contributed by atoms with E-state index in [0.29, 0.717) is 0 Å². The van der Waals surface area contributed by atoms with Gasteiger partial charge in [-0.25, -0.2) is 0 Å². The molecule has 14 rings (SSSR count). The summed E-state index contributed by atoms with van der Waals surface area (Å²) >= 11 is 0. The fourth-order valence-electron chi connectivity index (χ4n) is 14.0. The molecule has 0 spiro atoms. The van der Waals surface area contributed by atoms with Crippen LogP contribution in [0, 0.1) is 58.2 Å². The topological polar surface area (TPSA) is 182 Å². The zero-order valence-corrected chi connectivity index (χ0v) is 60.5. The Hall–Kier alpha value is -6.77. The standard InChI is InChI=1S/2C29H36N4O2.C21H31N3O2.2ClH/c2*1-32(2)19-26-28(34-20-24-7-8-24)12-10-25-27(31-35-29(25)26)11-9-21-13-15-33(16-14-21)18-23-5-3-22(17-30)4-6-23;1-24(2)13-18-20(25-14-16-3-4-16)8-6-17-19(23-26-21(17)18)7-5-15-9-11-22-12-10-15;;/h2*3-6,10,12,21,24H,7-9,11,13-16,18-20H2,1-2H3;6,8,15-16,22H,3-5,7,9-14H2,1-2H3;2*1H. The van der Waals surface area contributed by atoms with Gasteiger partial charge in [-0.15, -0.1) is 24.8 Å². The van der Waals surface area contributed by atoms with E-state index in [9.17, 15) is 0 Å². The molecule has 3 aromatic heterocycles. The first-order valence-corrected chi connectivity index (χ1v) is 36.0. The second-order valence-corrected chi connectivity index (χ2v) is 29.5. The molecule has 3 aliphatic heterocycles. The van der Waals surface area contributed by atoms with Crippen molar-refractivity contribution in [2.24, 2.45) is 35.5 Å². The van der Waals surface area contributed by atoms with E-state index in [0.717, 1.165) is 254 Å². The molecule has 0 amide bonds. The number of rotatable bonds is 28. The molecule has 526 valence electrons. The largest absolute Gasteiger partial charge is 0.493 e. The Kier molecular flexibility index (Phi) is 27.2. The van der Waals surface area contributed by atoms with Gasteiger partial charge in [-0.2, -0.15) is 10.5 Å². The third-order valence-electron chi connectivity index (χ3n) is 20.5. The molecule has 3 aliphatic carbocycles. The van der Waals surface area contributed by atoms with Gasteiger partial charge in [-0.3, -0.25) is 9.80 Å². The monoisotopic (exact) mass is 1370 g/mol. The SMILES string of the molecule is CN(C)Cc1c(OCC2CC2)ccc2c(CCC3CCN(Cc4ccc(C#N)cc4)CC3)noc12.CN(C)Cc1c(OCC2CC2)ccc2c(CCC3CCN(Cc4ccc(C#N)cc4)CC3)noc12.CN(C)Cc1c(OCC2CC2)ccc2c(CCC3CCNCC3)noc12.Cl.Cl. The quantitative estimate of drug-likeness (QED) is 0.0488. The molecule has 0 bridgehead atoms. The summed E-state index contributed by atoms with van der Waals surface area (Å²) in [5, 5.41) is 38.3. The summed E-state index contributed by atoms with van der Waals surface area (Å²) in [6.07, 6.45) is 21.6. The first kappa shape index (κ1) is 73.9. The number of piperidine rings is 3. The van der Waals surface area contributed by atoms with Crippen LogP contribution < -0.4 is 19.5 Å². The highest BCUT2D eigenvalue weighted by Gasteiger charge is 2.29. The highest BCUT2D eigenvalue weighted by molar-refractivity contribution is 5.87. The number of likely N-dealkylation sites (tertiary alicyclic amines) is 2. The Morgan fingerprint density at radius 2 is 0.724 bits per heavy atom. The summed E-state index contributed by atoms with van der Waals surface area (Å²) in [5.41, 5.74) is 13.3. The van der Waals surface area contributed by atoms with Crippen molar-refractivity contribution in [2.45, 2.75) is 148 Å². The van der Waals surface area contributed by atoms with Crippen LogP contribution in [0.2, 0.25) is 0 Å². The molecule has 98 heavy (non-hydrogen) atoms. The number of aryl methyl sites for hydroxylation is 3. The average Bonchev–Trinajstić information content (AvgIpc) is 1.63. The third kappa shape index (κ3) is 20.9. The van der Waals surface area contributed by atoms with E-state index >= 15 is 0 Å². The fourth-order valence-corrected chi connectivity index (χ4v) is 14.0. The van der Waals surface area contributed by atoms with E-state index < -0.39 is 0 Å². The van der Waals surface area contributed by atoms with Crippen molar-refractivity contribution >= 4 is 57.7 Å². The third-order valence-corrected chi connectivity index (χ3v) is 20.5. The van der Waals surface area contributed by atoms with Gasteiger partial charge in [0.2, 0.25) is 0 Å². The Morgan fingerprint density at radius 3 is 1.01 bits per heavy atom. The van der Waals surface area contributed by atoms with Gasteiger partial charge >= 0.3 is 0 Å². The summed E-state index contributed by atoms with van der Waals surface area (Å²) in [6.45, 7) is 13.5. The van der Waals surface area contributed by atoms with E-state index in [1.165, 1.54) is 94.6 Å². The highest BCUT2D eigenvalue weighted by Crippen LogP contribution is 2.39. The summed E-state index contributed by atoms with van der Waals surface area (Å²) < 4.78 is 36.1. The number of nitriles is 2. The number of nitrogens with zero attached hydrogens (tertiary/aromatic N) is 10. The predicted octanol–water partition coefficient (Wildman–Crippen LogP) is 15.2. The molecule has 0 unspecified atom stereocenters. The minimum Gasteiger partial charge on any atom is -0.493 e. The summed E-state index contributed by atoms with van der Waals surface area (Å²) in [6, 6.07) is 33.1. The van der Waals surface area contributed by atoms with E-state index in [1.807, 2.05) is 24.3 Å². The number of halogens is 2. The first-order chi connectivity index (χ1) is 46.9. The number of aromatic nitrogens is 3. The van der Waals surface area contributed by atoms with Gasteiger partial charge in [0, 0.05) is 48.9 Å². The molecule has 5 aromatic carbocycles. The second-order valence-electron chi connectivity index (χ2n) is 29.5. The molecule has 19 heteroatoms. The molecule has 0 atom stereocenters. The van der Waals surface area contributed by atoms with Crippen molar-refractivity contribution in [3.05, 3.63) is 141 Å². The number of nitrogens with one attached hydrogen (secondary N) is 1. The zero-order valence-electron chi connectivity index (χ0n) is 58.9. The summed E-state index contributed by atoms with van der Waals surface area (Å²) in [7, 11) is 12.5. The van der Waals surface area contributed by atoms with Crippen LogP contribution in [0.4, 0.5) is 0 Å². The van der Waals surface area contributed by atoms with Gasteiger partial charge < -0.3 is 47.8 Å². The predicted molar refractivity (Wildman–Crippen MR) is 392 cm³/mol. The van der Waals surface area contributed by atoms with Gasteiger partial charge in [0.15, 0.2) is 16.7 Å². The molecule has 3 saturated heterocycles. The minimum atomic E-state index is 0. The van der Waals surface area contributed by atoms with E-state index in [2.05, 4.69) is 160 Å². The van der Waals surface area contributed by atoms with Crippen molar-refractivity contribution in [1.82, 2.24) is 45.3 Å². The second kappa shape index (κ2) is 36.0. The maximum atomic E-state index is 8.98. The average molecular weight is 1380 g/mol. The molecule has 8 aromatic rings. The van der Waals surface area contributed by atoms with Crippen LogP contribution in [0.1, 0.15) is 152 Å². The molecular formula is C79H105Cl2N11O6. The van der Waals surface area contributed by atoms with Crippen LogP contribution in [-0.2, 0) is 52.0 Å². The molecule has 6 heterocycles. The van der Waals surface area contributed by atoms with E-state index in [4.69, 9.17) is 38.3 Å². The van der Waals surface area contributed by atoms with Crippen LogP contribution in [-0.4, -0.2) is 141 Å². The molecule has 0 radical (unpaired) electrons. The Morgan fingerprint density at radius 1 is 0.418 bits per heavy atom. The van der Waals surface area contributed by atoms with Crippen LogP contribution in [0.15, 0.2) is 98.5 Å². The van der Waals surface area contributed by atoms with Crippen LogP contribution in [0.25, 0.3) is 32.9 Å². The summed E-state index contributed by atoms with van der Waals surface area (Å²) in [5.74, 6) is 7.28. The number of ether oxygens (including phenoxy) is 3. The zero-order chi connectivity index (χ0) is 66.3. The number of hydrogen-bond donors (Lipinski definition) is 1. The molecular weight excluding hydrogens is 1270 g/mol. The van der Waals surface area contributed by atoms with Gasteiger partial charge in [0.1, 0.15) is 17.2 Å². The maximum Gasteiger partial charge on any atom is 0.175 e. The number of fused-ring (bicyclic) bond motifs is 3. The molecule has 6 aliphatic rings. The lowest BCUT2D eigenvalue weighted by Gasteiger charge is -2.32. The lowest BCUT2D eigenvalue weighted by Crippen LogP contribution is -2.33. The lowest BCUT2D eigenvalue weighted by molar-refractivity contribution is 0.172. The fraction of sp³-hybridized carbons (Fsp3) is 0.557. The maximum absolute atomic E-state index is 8.98. The van der Waals surface area contributed by atoms with Crippen LogP contribution in [0.3, 0.4) is 0 Å². The van der Waals surface area contributed by atoms with Crippen molar-refractivity contribution < 1.29 is 27.8 Å². The van der Waals surface area contributed by atoms with Crippen LogP contribution >= 0.6 is 24.8 Å².